The summed E-state index contributed by atoms with van der Waals surface area (Å²) in [5, 5.41) is 0. The zero-order chi connectivity index (χ0) is 20.7. The maximum Gasteiger partial charge on any atom is 0.527 e. The summed E-state index contributed by atoms with van der Waals surface area (Å²) in [5.41, 5.74) is -0.169. The van der Waals surface area contributed by atoms with Gasteiger partial charge in [0.15, 0.2) is 0 Å². The van der Waals surface area contributed by atoms with Crippen molar-refractivity contribution in [3.63, 3.8) is 0 Å². The number of alkyl halides is 2. The molecule has 0 fully saturated rings. The normalized spacial score (nSPS) is 13.6. The van der Waals surface area contributed by atoms with Crippen LogP contribution in [0, 0.1) is 0 Å². The molecule has 1 rings (SSSR count). The highest BCUT2D eigenvalue weighted by molar-refractivity contribution is 7.47. The van der Waals surface area contributed by atoms with Crippen molar-refractivity contribution in [2.24, 2.45) is 0 Å². The molecule has 1 unspecified atom stereocenters. The second-order valence-corrected chi connectivity index (χ2v) is 8.53. The maximum atomic E-state index is 12.5. The highest BCUT2D eigenvalue weighted by Gasteiger charge is 2.22. The van der Waals surface area contributed by atoms with Crippen molar-refractivity contribution in [2.75, 3.05) is 6.61 Å². The van der Waals surface area contributed by atoms with Crippen LogP contribution in [0.15, 0.2) is 24.3 Å². The molecule has 0 saturated carbocycles. The monoisotopic (exact) mass is 420 g/mol. The van der Waals surface area contributed by atoms with Crippen LogP contribution in [0.5, 0.6) is 5.75 Å². The van der Waals surface area contributed by atoms with E-state index < -0.39 is 14.2 Å². The van der Waals surface area contributed by atoms with E-state index in [9.17, 15) is 18.2 Å². The number of halogens is 2. The second kappa shape index (κ2) is 14.9. The number of rotatable bonds is 17. The molecule has 0 aliphatic rings. The Labute approximate surface area is 168 Å². The first-order valence-electron chi connectivity index (χ1n) is 10.5. The smallest absolute Gasteiger partial charge is 0.404 e. The van der Waals surface area contributed by atoms with E-state index in [-0.39, 0.29) is 17.9 Å². The van der Waals surface area contributed by atoms with Gasteiger partial charge in [-0.1, -0.05) is 77.6 Å². The van der Waals surface area contributed by atoms with Gasteiger partial charge in [-0.25, -0.2) is 13.3 Å². The van der Waals surface area contributed by atoms with E-state index in [0.29, 0.717) is 6.42 Å². The number of unbranched alkanes of at least 4 members (excludes halogenated alkanes) is 11. The van der Waals surface area contributed by atoms with Gasteiger partial charge in [-0.3, -0.25) is 9.42 Å². The summed E-state index contributed by atoms with van der Waals surface area (Å²) < 4.78 is 46.7. The minimum atomic E-state index is -4.22. The van der Waals surface area contributed by atoms with Crippen LogP contribution in [0.4, 0.5) is 8.78 Å². The van der Waals surface area contributed by atoms with Crippen LogP contribution >= 0.6 is 7.82 Å². The maximum absolute atomic E-state index is 12.5. The summed E-state index contributed by atoms with van der Waals surface area (Å²) in [6.45, 7) is 2.37. The third-order valence-electron chi connectivity index (χ3n) is 4.61. The topological polar surface area (TPSA) is 55.8 Å². The van der Waals surface area contributed by atoms with Crippen LogP contribution in [-0.4, -0.2) is 11.5 Å². The van der Waals surface area contributed by atoms with Crippen molar-refractivity contribution in [1.82, 2.24) is 0 Å². The minimum absolute atomic E-state index is 0.0323. The van der Waals surface area contributed by atoms with E-state index in [1.54, 1.807) is 0 Å². The van der Waals surface area contributed by atoms with Crippen molar-refractivity contribution < 1.29 is 27.3 Å². The zero-order valence-electron chi connectivity index (χ0n) is 17.0. The summed E-state index contributed by atoms with van der Waals surface area (Å²) in [6.07, 6.45) is 11.8. The standard InChI is InChI=1S/C21H35F2O4P/c1-2-3-4-5-6-7-8-9-10-11-12-13-18-26-28(24,25)27-20-16-14-19(15-17-20)21(22)23/h14-17,21H,2-13,18H2,1H3,(H,24,25). The van der Waals surface area contributed by atoms with Gasteiger partial charge < -0.3 is 4.52 Å². The average Bonchev–Trinajstić information content (AvgIpc) is 2.65. The van der Waals surface area contributed by atoms with Gasteiger partial charge in [0.1, 0.15) is 5.75 Å². The van der Waals surface area contributed by atoms with E-state index in [2.05, 4.69) is 6.92 Å². The minimum Gasteiger partial charge on any atom is -0.404 e. The van der Waals surface area contributed by atoms with Gasteiger partial charge in [0.05, 0.1) is 6.61 Å². The summed E-state index contributed by atoms with van der Waals surface area (Å²) in [4.78, 5) is 9.69. The molecular weight excluding hydrogens is 385 g/mol. The van der Waals surface area contributed by atoms with Crippen LogP contribution < -0.4 is 4.52 Å². The molecule has 0 aliphatic heterocycles. The SMILES string of the molecule is CCCCCCCCCCCCCCOP(=O)(O)Oc1ccc(C(F)F)cc1. The quantitative estimate of drug-likeness (QED) is 0.206. The molecule has 0 radical (unpaired) electrons. The highest BCUT2D eigenvalue weighted by Crippen LogP contribution is 2.44. The Kier molecular flexibility index (Phi) is 13.4. The molecule has 1 aromatic carbocycles. The number of phosphoric ester groups is 1. The second-order valence-electron chi connectivity index (χ2n) is 7.15. The molecule has 0 spiro atoms. The van der Waals surface area contributed by atoms with Crippen LogP contribution in [-0.2, 0) is 9.09 Å². The largest absolute Gasteiger partial charge is 0.527 e. The van der Waals surface area contributed by atoms with Gasteiger partial charge in [0.2, 0.25) is 0 Å². The fourth-order valence-corrected chi connectivity index (χ4v) is 3.76. The molecule has 4 nitrogen and oxygen atoms in total. The molecule has 0 heterocycles. The Morgan fingerprint density at radius 2 is 1.32 bits per heavy atom. The predicted molar refractivity (Wildman–Crippen MR) is 109 cm³/mol. The van der Waals surface area contributed by atoms with Crippen LogP contribution in [0.1, 0.15) is 96.0 Å². The van der Waals surface area contributed by atoms with Gasteiger partial charge in [0, 0.05) is 5.56 Å². The lowest BCUT2D eigenvalue weighted by Gasteiger charge is -2.13. The third kappa shape index (κ3) is 12.5. The fraction of sp³-hybridized carbons (Fsp3) is 0.714. The first-order chi connectivity index (χ1) is 13.4. The Bertz CT molecular complexity index is 552. The molecule has 0 amide bonds. The molecule has 0 aliphatic carbocycles. The third-order valence-corrected chi connectivity index (χ3v) is 5.56. The van der Waals surface area contributed by atoms with E-state index in [0.717, 1.165) is 25.0 Å². The molecular formula is C21H35F2O4P. The predicted octanol–water partition coefficient (Wildman–Crippen LogP) is 7.82. The van der Waals surface area contributed by atoms with E-state index >= 15 is 0 Å². The number of phosphoric acid groups is 1. The van der Waals surface area contributed by atoms with Gasteiger partial charge in [-0.2, -0.15) is 0 Å². The van der Waals surface area contributed by atoms with Crippen LogP contribution in [0.2, 0.25) is 0 Å². The number of hydrogen-bond donors (Lipinski definition) is 1. The first kappa shape index (κ1) is 25.1. The van der Waals surface area contributed by atoms with E-state index in [1.807, 2.05) is 0 Å². The van der Waals surface area contributed by atoms with Gasteiger partial charge >= 0.3 is 7.82 Å². The molecule has 1 atom stereocenters. The highest BCUT2D eigenvalue weighted by atomic mass is 31.2. The average molecular weight is 420 g/mol. The van der Waals surface area contributed by atoms with E-state index in [4.69, 9.17) is 9.05 Å². The van der Waals surface area contributed by atoms with Crippen molar-refractivity contribution in [1.29, 1.82) is 0 Å². The molecule has 1 aromatic rings. The van der Waals surface area contributed by atoms with Gasteiger partial charge in [-0.05, 0) is 30.7 Å². The molecule has 0 saturated heterocycles. The molecule has 162 valence electrons. The molecule has 1 N–H and O–H groups in total. The lowest BCUT2D eigenvalue weighted by atomic mass is 10.1. The van der Waals surface area contributed by atoms with Gasteiger partial charge in [-0.15, -0.1) is 0 Å². The Balaban J connectivity index is 2.02. The van der Waals surface area contributed by atoms with Crippen molar-refractivity contribution >= 4 is 7.82 Å². The summed E-state index contributed by atoms with van der Waals surface area (Å²) in [7, 11) is -4.22. The van der Waals surface area contributed by atoms with Crippen LogP contribution in [0.25, 0.3) is 0 Å². The summed E-state index contributed by atoms with van der Waals surface area (Å²) in [5.74, 6) is 0.0323. The van der Waals surface area contributed by atoms with Crippen LogP contribution in [0.3, 0.4) is 0 Å². The molecule has 7 heteroatoms. The fourth-order valence-electron chi connectivity index (χ4n) is 2.96. The summed E-state index contributed by atoms with van der Waals surface area (Å²) in [6, 6.07) is 4.78. The van der Waals surface area contributed by atoms with Gasteiger partial charge in [0.25, 0.3) is 6.43 Å². The van der Waals surface area contributed by atoms with Crippen molar-refractivity contribution in [2.45, 2.75) is 90.4 Å². The Morgan fingerprint density at radius 1 is 0.857 bits per heavy atom. The Morgan fingerprint density at radius 3 is 1.79 bits per heavy atom. The van der Waals surface area contributed by atoms with E-state index in [1.165, 1.54) is 69.9 Å². The summed E-state index contributed by atoms with van der Waals surface area (Å²) >= 11 is 0. The lowest BCUT2D eigenvalue weighted by Crippen LogP contribution is -1.99. The molecule has 0 bridgehead atoms. The van der Waals surface area contributed by atoms with Crippen molar-refractivity contribution in [3.05, 3.63) is 29.8 Å². The van der Waals surface area contributed by atoms with Crippen molar-refractivity contribution in [3.8, 4) is 5.75 Å². The zero-order valence-corrected chi connectivity index (χ0v) is 17.8. The molecule has 0 aromatic heterocycles. The number of benzene rings is 1. The molecule has 28 heavy (non-hydrogen) atoms. The first-order valence-corrected chi connectivity index (χ1v) is 12.0. The lowest BCUT2D eigenvalue weighted by molar-refractivity contribution is 0.151. The number of hydrogen-bond acceptors (Lipinski definition) is 3. The Hall–Kier alpha value is -0.970.